The lowest BCUT2D eigenvalue weighted by Gasteiger charge is -2.07. The van der Waals surface area contributed by atoms with Gasteiger partial charge in [0.15, 0.2) is 5.76 Å². The molecule has 5 heteroatoms. The highest BCUT2D eigenvalue weighted by atomic mass is 79.9. The van der Waals surface area contributed by atoms with Crippen LogP contribution >= 0.6 is 15.9 Å². The lowest BCUT2D eigenvalue weighted by atomic mass is 10.1. The summed E-state index contributed by atoms with van der Waals surface area (Å²) in [6.45, 7) is 0. The number of alkyl halides is 1. The van der Waals surface area contributed by atoms with E-state index in [4.69, 9.17) is 14.0 Å². The van der Waals surface area contributed by atoms with Crippen molar-refractivity contribution in [1.82, 2.24) is 5.16 Å². The van der Waals surface area contributed by atoms with Gasteiger partial charge in [0, 0.05) is 17.5 Å². The molecular formula is C12H12BrNO3. The fourth-order valence-electron chi connectivity index (χ4n) is 1.50. The van der Waals surface area contributed by atoms with E-state index in [2.05, 4.69) is 21.1 Å². The number of methoxy groups -OCH3 is 2. The van der Waals surface area contributed by atoms with Crippen molar-refractivity contribution < 1.29 is 14.0 Å². The average molecular weight is 298 g/mol. The second-order valence-corrected chi connectivity index (χ2v) is 3.94. The highest BCUT2D eigenvalue weighted by Crippen LogP contribution is 2.33. The van der Waals surface area contributed by atoms with Crippen molar-refractivity contribution in [2.45, 2.75) is 5.33 Å². The molecule has 0 saturated heterocycles. The first-order valence-corrected chi connectivity index (χ1v) is 6.14. The summed E-state index contributed by atoms with van der Waals surface area (Å²) in [4.78, 5) is 0. The summed E-state index contributed by atoms with van der Waals surface area (Å²) in [5, 5.41) is 4.58. The van der Waals surface area contributed by atoms with Gasteiger partial charge in [0.05, 0.1) is 25.5 Å². The normalized spacial score (nSPS) is 10.3. The fraction of sp³-hybridized carbons (Fsp3) is 0.250. The number of rotatable bonds is 4. The molecule has 2 rings (SSSR count). The van der Waals surface area contributed by atoms with E-state index in [0.29, 0.717) is 16.8 Å². The topological polar surface area (TPSA) is 44.5 Å². The number of aromatic nitrogens is 1. The van der Waals surface area contributed by atoms with E-state index in [9.17, 15) is 0 Å². The maximum atomic E-state index is 5.31. The largest absolute Gasteiger partial charge is 0.497 e. The first-order valence-electron chi connectivity index (χ1n) is 5.02. The first kappa shape index (κ1) is 12.0. The predicted molar refractivity (Wildman–Crippen MR) is 67.7 cm³/mol. The Morgan fingerprint density at radius 1 is 1.24 bits per heavy atom. The summed E-state index contributed by atoms with van der Waals surface area (Å²) in [6, 6.07) is 7.43. The molecule has 0 fully saturated rings. The van der Waals surface area contributed by atoms with Crippen LogP contribution in [0.3, 0.4) is 0 Å². The Kier molecular flexibility index (Phi) is 3.68. The number of nitrogens with zero attached hydrogens (tertiary/aromatic N) is 1. The number of halogens is 1. The van der Waals surface area contributed by atoms with Crippen molar-refractivity contribution >= 4 is 15.9 Å². The molecule has 1 aromatic heterocycles. The van der Waals surface area contributed by atoms with Gasteiger partial charge in [0.1, 0.15) is 11.5 Å². The molecule has 0 amide bonds. The zero-order chi connectivity index (χ0) is 12.3. The summed E-state index contributed by atoms with van der Waals surface area (Å²) < 4.78 is 15.7. The molecule has 0 radical (unpaired) electrons. The van der Waals surface area contributed by atoms with Crippen LogP contribution in [0.4, 0.5) is 0 Å². The van der Waals surface area contributed by atoms with Gasteiger partial charge in [-0.25, -0.2) is 0 Å². The van der Waals surface area contributed by atoms with E-state index in [1.165, 1.54) is 0 Å². The minimum absolute atomic E-state index is 0.662. The second-order valence-electron chi connectivity index (χ2n) is 3.38. The molecule has 0 unspecified atom stereocenters. The molecule has 0 bridgehead atoms. The summed E-state index contributed by atoms with van der Waals surface area (Å²) >= 11 is 3.33. The van der Waals surface area contributed by atoms with Crippen LogP contribution in [0.5, 0.6) is 11.5 Å². The molecule has 0 aliphatic heterocycles. The predicted octanol–water partition coefficient (Wildman–Crippen LogP) is 3.25. The van der Waals surface area contributed by atoms with Crippen LogP contribution in [0, 0.1) is 0 Å². The zero-order valence-corrected chi connectivity index (χ0v) is 11.2. The quantitative estimate of drug-likeness (QED) is 0.813. The van der Waals surface area contributed by atoms with Crippen LogP contribution in [-0.4, -0.2) is 19.4 Å². The molecule has 0 N–H and O–H groups in total. The van der Waals surface area contributed by atoms with Crippen molar-refractivity contribution in [2.75, 3.05) is 14.2 Å². The van der Waals surface area contributed by atoms with Gasteiger partial charge in [0.25, 0.3) is 0 Å². The average Bonchev–Trinajstić information content (AvgIpc) is 2.86. The monoisotopic (exact) mass is 297 g/mol. The van der Waals surface area contributed by atoms with Gasteiger partial charge in [-0.15, -0.1) is 0 Å². The number of benzene rings is 1. The molecule has 0 saturated carbocycles. The Bertz CT molecular complexity index is 510. The fourth-order valence-corrected chi connectivity index (χ4v) is 1.77. The van der Waals surface area contributed by atoms with Crippen molar-refractivity contribution in [3.8, 4) is 22.8 Å². The summed E-state index contributed by atoms with van der Waals surface area (Å²) in [7, 11) is 3.23. The Morgan fingerprint density at radius 2 is 2.06 bits per heavy atom. The van der Waals surface area contributed by atoms with E-state index in [1.54, 1.807) is 14.2 Å². The Balaban J connectivity index is 2.43. The van der Waals surface area contributed by atoms with Gasteiger partial charge in [-0.1, -0.05) is 21.1 Å². The van der Waals surface area contributed by atoms with Crippen molar-refractivity contribution in [1.29, 1.82) is 0 Å². The van der Waals surface area contributed by atoms with E-state index in [0.717, 1.165) is 17.0 Å². The third kappa shape index (κ3) is 2.44. The molecule has 90 valence electrons. The van der Waals surface area contributed by atoms with E-state index in [1.807, 2.05) is 24.3 Å². The standard InChI is InChI=1S/C12H12BrNO3/c1-15-9-3-4-10(11(6-9)16-2)12-5-8(7-13)14-17-12/h3-6H,7H2,1-2H3. The van der Waals surface area contributed by atoms with Gasteiger partial charge in [-0.2, -0.15) is 0 Å². The third-order valence-corrected chi connectivity index (χ3v) is 2.94. The van der Waals surface area contributed by atoms with Crippen molar-refractivity contribution in [3.05, 3.63) is 30.0 Å². The van der Waals surface area contributed by atoms with Crippen LogP contribution < -0.4 is 9.47 Å². The van der Waals surface area contributed by atoms with E-state index >= 15 is 0 Å². The minimum atomic E-state index is 0.662. The van der Waals surface area contributed by atoms with Gasteiger partial charge in [-0.3, -0.25) is 0 Å². The summed E-state index contributed by atoms with van der Waals surface area (Å²) in [5.74, 6) is 2.12. The highest BCUT2D eigenvalue weighted by molar-refractivity contribution is 9.08. The van der Waals surface area contributed by atoms with Gasteiger partial charge in [0.2, 0.25) is 0 Å². The van der Waals surface area contributed by atoms with E-state index < -0.39 is 0 Å². The lowest BCUT2D eigenvalue weighted by Crippen LogP contribution is -1.89. The highest BCUT2D eigenvalue weighted by Gasteiger charge is 2.12. The Morgan fingerprint density at radius 3 is 2.65 bits per heavy atom. The zero-order valence-electron chi connectivity index (χ0n) is 9.57. The summed E-state index contributed by atoms with van der Waals surface area (Å²) in [6.07, 6.45) is 0. The number of hydrogen-bond donors (Lipinski definition) is 0. The molecule has 0 aliphatic carbocycles. The van der Waals surface area contributed by atoms with Crippen molar-refractivity contribution in [2.24, 2.45) is 0 Å². The molecule has 1 aromatic carbocycles. The smallest absolute Gasteiger partial charge is 0.170 e. The molecule has 0 aliphatic rings. The molecule has 2 aromatic rings. The van der Waals surface area contributed by atoms with E-state index in [-0.39, 0.29) is 0 Å². The maximum absolute atomic E-state index is 5.31. The Hall–Kier alpha value is -1.49. The number of hydrogen-bond acceptors (Lipinski definition) is 4. The van der Waals surface area contributed by atoms with Crippen LogP contribution in [0.2, 0.25) is 0 Å². The van der Waals surface area contributed by atoms with Crippen LogP contribution in [0.15, 0.2) is 28.8 Å². The molecule has 0 atom stereocenters. The molecule has 4 nitrogen and oxygen atoms in total. The molecule has 1 heterocycles. The minimum Gasteiger partial charge on any atom is -0.497 e. The molecule has 0 spiro atoms. The lowest BCUT2D eigenvalue weighted by molar-refractivity contribution is 0.390. The maximum Gasteiger partial charge on any atom is 0.170 e. The van der Waals surface area contributed by atoms with Gasteiger partial charge >= 0.3 is 0 Å². The van der Waals surface area contributed by atoms with Crippen LogP contribution in [0.25, 0.3) is 11.3 Å². The number of ether oxygens (including phenoxy) is 2. The van der Waals surface area contributed by atoms with Crippen LogP contribution in [-0.2, 0) is 5.33 Å². The Labute approximate surface area is 108 Å². The van der Waals surface area contributed by atoms with Crippen molar-refractivity contribution in [3.63, 3.8) is 0 Å². The third-order valence-electron chi connectivity index (χ3n) is 2.37. The van der Waals surface area contributed by atoms with Crippen LogP contribution in [0.1, 0.15) is 5.69 Å². The first-order chi connectivity index (χ1) is 8.28. The molecular weight excluding hydrogens is 286 g/mol. The molecule has 17 heavy (non-hydrogen) atoms. The summed E-state index contributed by atoms with van der Waals surface area (Å²) in [5.41, 5.74) is 1.70. The second kappa shape index (κ2) is 5.23. The SMILES string of the molecule is COc1ccc(-c2cc(CBr)no2)c(OC)c1. The van der Waals surface area contributed by atoms with Gasteiger partial charge in [-0.05, 0) is 12.1 Å². The van der Waals surface area contributed by atoms with Gasteiger partial charge < -0.3 is 14.0 Å².